The number of nitrogens with zero attached hydrogens (tertiary/aromatic N) is 2. The standard InChI is InChI=1S/C18H23F3N4O2.HI/c1-3-15-8-16(27-25-15)10-24-17(22-2)23-9-13-4-6-14(7-5-13)11-26-12-18(19,20)21;/h4-8H,3,9-12H2,1-2H3,(H2,22,23,24);1H. The lowest BCUT2D eigenvalue weighted by atomic mass is 10.1. The van der Waals surface area contributed by atoms with E-state index in [2.05, 4.69) is 25.5 Å². The zero-order valence-electron chi connectivity index (χ0n) is 15.7. The lowest BCUT2D eigenvalue weighted by molar-refractivity contribution is -0.176. The normalized spacial score (nSPS) is 11.8. The molecule has 0 bridgehead atoms. The summed E-state index contributed by atoms with van der Waals surface area (Å²) in [5.41, 5.74) is 2.54. The number of alkyl halides is 3. The van der Waals surface area contributed by atoms with Gasteiger partial charge >= 0.3 is 6.18 Å². The summed E-state index contributed by atoms with van der Waals surface area (Å²) in [6.07, 6.45) is -3.50. The molecule has 0 fully saturated rings. The minimum atomic E-state index is -4.31. The highest BCUT2D eigenvalue weighted by atomic mass is 127. The molecule has 1 aromatic heterocycles. The van der Waals surface area contributed by atoms with E-state index < -0.39 is 12.8 Å². The van der Waals surface area contributed by atoms with Gasteiger partial charge in [0.2, 0.25) is 0 Å². The molecule has 0 radical (unpaired) electrons. The average Bonchev–Trinajstić information content (AvgIpc) is 3.10. The first-order chi connectivity index (χ1) is 12.9. The first-order valence-corrected chi connectivity index (χ1v) is 8.51. The van der Waals surface area contributed by atoms with Crippen molar-refractivity contribution >= 4 is 29.9 Å². The predicted octanol–water partition coefficient (Wildman–Crippen LogP) is 3.80. The lowest BCUT2D eigenvalue weighted by Crippen LogP contribution is -2.36. The van der Waals surface area contributed by atoms with Crippen LogP contribution in [0.15, 0.2) is 39.8 Å². The van der Waals surface area contributed by atoms with Crippen LogP contribution in [0.2, 0.25) is 0 Å². The Bertz CT molecular complexity index is 733. The van der Waals surface area contributed by atoms with Crippen molar-refractivity contribution in [1.82, 2.24) is 15.8 Å². The number of hydrogen-bond acceptors (Lipinski definition) is 4. The molecule has 28 heavy (non-hydrogen) atoms. The molecule has 0 saturated carbocycles. The van der Waals surface area contributed by atoms with Gasteiger partial charge < -0.3 is 19.9 Å². The van der Waals surface area contributed by atoms with Crippen molar-refractivity contribution in [3.05, 3.63) is 52.9 Å². The highest BCUT2D eigenvalue weighted by Crippen LogP contribution is 2.15. The third kappa shape index (κ3) is 8.91. The number of nitrogens with one attached hydrogen (secondary N) is 2. The molecule has 2 rings (SSSR count). The van der Waals surface area contributed by atoms with E-state index >= 15 is 0 Å². The molecule has 0 saturated heterocycles. The molecule has 0 aliphatic rings. The molecule has 2 aromatic rings. The van der Waals surface area contributed by atoms with Crippen LogP contribution in [-0.2, 0) is 30.9 Å². The van der Waals surface area contributed by atoms with Crippen LogP contribution in [0.3, 0.4) is 0 Å². The molecule has 1 aromatic carbocycles. The Hall–Kier alpha value is -1.82. The topological polar surface area (TPSA) is 71.7 Å². The fourth-order valence-corrected chi connectivity index (χ4v) is 2.22. The third-order valence-corrected chi connectivity index (χ3v) is 3.64. The van der Waals surface area contributed by atoms with E-state index in [0.717, 1.165) is 23.4 Å². The van der Waals surface area contributed by atoms with Crippen molar-refractivity contribution in [3.8, 4) is 0 Å². The van der Waals surface area contributed by atoms with Crippen LogP contribution in [0, 0.1) is 0 Å². The van der Waals surface area contributed by atoms with Crippen LogP contribution < -0.4 is 10.6 Å². The predicted molar refractivity (Wildman–Crippen MR) is 110 cm³/mol. The smallest absolute Gasteiger partial charge is 0.367 e. The largest absolute Gasteiger partial charge is 0.411 e. The molecule has 2 N–H and O–H groups in total. The molecular formula is C18H24F3IN4O2. The van der Waals surface area contributed by atoms with Crippen LogP contribution in [0.5, 0.6) is 0 Å². The van der Waals surface area contributed by atoms with Crippen molar-refractivity contribution < 1.29 is 22.4 Å². The van der Waals surface area contributed by atoms with Crippen LogP contribution >= 0.6 is 24.0 Å². The van der Waals surface area contributed by atoms with Gasteiger partial charge in [0, 0.05) is 19.7 Å². The zero-order valence-corrected chi connectivity index (χ0v) is 18.0. The first kappa shape index (κ1) is 24.2. The number of benzene rings is 1. The Kier molecular flexibility index (Phi) is 10.3. The van der Waals surface area contributed by atoms with Gasteiger partial charge in [-0.2, -0.15) is 13.2 Å². The Labute approximate surface area is 178 Å². The summed E-state index contributed by atoms with van der Waals surface area (Å²) < 4.78 is 46.0. The maximum absolute atomic E-state index is 12.1. The summed E-state index contributed by atoms with van der Waals surface area (Å²) >= 11 is 0. The maximum Gasteiger partial charge on any atom is 0.411 e. The molecule has 0 spiro atoms. The zero-order chi connectivity index (χ0) is 19.7. The highest BCUT2D eigenvalue weighted by Gasteiger charge is 2.27. The second kappa shape index (κ2) is 11.9. The first-order valence-electron chi connectivity index (χ1n) is 8.51. The van der Waals surface area contributed by atoms with Crippen LogP contribution in [-0.4, -0.2) is 30.9 Å². The molecule has 0 unspecified atom stereocenters. The Morgan fingerprint density at radius 3 is 2.36 bits per heavy atom. The molecule has 6 nitrogen and oxygen atoms in total. The summed E-state index contributed by atoms with van der Waals surface area (Å²) in [5, 5.41) is 10.2. The quantitative estimate of drug-likeness (QED) is 0.320. The molecule has 156 valence electrons. The summed E-state index contributed by atoms with van der Waals surface area (Å²) in [4.78, 5) is 4.13. The van der Waals surface area contributed by atoms with Crippen molar-refractivity contribution in [3.63, 3.8) is 0 Å². The van der Waals surface area contributed by atoms with E-state index in [4.69, 9.17) is 4.52 Å². The molecule has 0 atom stereocenters. The van der Waals surface area contributed by atoms with Gasteiger partial charge in [0.15, 0.2) is 11.7 Å². The summed E-state index contributed by atoms with van der Waals surface area (Å²) in [6, 6.07) is 9.03. The van der Waals surface area contributed by atoms with E-state index in [1.165, 1.54) is 0 Å². The number of aryl methyl sites for hydroxylation is 1. The Morgan fingerprint density at radius 2 is 1.79 bits per heavy atom. The molecule has 1 heterocycles. The lowest BCUT2D eigenvalue weighted by Gasteiger charge is -2.11. The highest BCUT2D eigenvalue weighted by molar-refractivity contribution is 14.0. The van der Waals surface area contributed by atoms with Crippen LogP contribution in [0.1, 0.15) is 29.5 Å². The fraction of sp³-hybridized carbons (Fsp3) is 0.444. The Morgan fingerprint density at radius 1 is 1.14 bits per heavy atom. The van der Waals surface area contributed by atoms with Gasteiger partial charge in [-0.1, -0.05) is 36.3 Å². The number of halogens is 4. The van der Waals surface area contributed by atoms with Gasteiger partial charge in [-0.3, -0.25) is 4.99 Å². The molecule has 10 heteroatoms. The van der Waals surface area contributed by atoms with Gasteiger partial charge in [-0.15, -0.1) is 24.0 Å². The van der Waals surface area contributed by atoms with E-state index in [1.54, 1.807) is 19.2 Å². The molecule has 0 aliphatic heterocycles. The number of ether oxygens (including phenoxy) is 1. The Balaban J connectivity index is 0.00000392. The van der Waals surface area contributed by atoms with E-state index in [1.807, 2.05) is 25.1 Å². The number of guanidine groups is 1. The van der Waals surface area contributed by atoms with Crippen LogP contribution in [0.4, 0.5) is 13.2 Å². The third-order valence-electron chi connectivity index (χ3n) is 3.64. The number of aromatic nitrogens is 1. The molecule has 0 amide bonds. The van der Waals surface area contributed by atoms with Gasteiger partial charge in [0.25, 0.3) is 0 Å². The maximum atomic E-state index is 12.1. The molecular weight excluding hydrogens is 488 g/mol. The van der Waals surface area contributed by atoms with Crippen molar-refractivity contribution in [2.24, 2.45) is 4.99 Å². The fourth-order valence-electron chi connectivity index (χ4n) is 2.22. The summed E-state index contributed by atoms with van der Waals surface area (Å²) in [6.45, 7) is 1.65. The average molecular weight is 512 g/mol. The van der Waals surface area contributed by atoms with Gasteiger partial charge in [-0.05, 0) is 17.5 Å². The number of aliphatic imine (C=N–C) groups is 1. The van der Waals surface area contributed by atoms with Crippen molar-refractivity contribution in [2.45, 2.75) is 39.2 Å². The van der Waals surface area contributed by atoms with E-state index in [9.17, 15) is 13.2 Å². The number of rotatable bonds is 8. The minimum absolute atomic E-state index is 0. The van der Waals surface area contributed by atoms with Gasteiger partial charge in [0.05, 0.1) is 18.8 Å². The monoisotopic (exact) mass is 512 g/mol. The van der Waals surface area contributed by atoms with E-state index in [-0.39, 0.29) is 30.6 Å². The molecule has 0 aliphatic carbocycles. The number of hydrogen-bond donors (Lipinski definition) is 2. The SMILES string of the molecule is CCc1cc(CNC(=NC)NCc2ccc(COCC(F)(F)F)cc2)on1.I. The summed E-state index contributed by atoms with van der Waals surface area (Å²) in [7, 11) is 1.66. The minimum Gasteiger partial charge on any atom is -0.367 e. The second-order valence-corrected chi connectivity index (χ2v) is 5.84. The van der Waals surface area contributed by atoms with Crippen molar-refractivity contribution in [2.75, 3.05) is 13.7 Å². The van der Waals surface area contributed by atoms with Gasteiger partial charge in [0.1, 0.15) is 6.61 Å². The van der Waals surface area contributed by atoms with E-state index in [0.29, 0.717) is 24.6 Å². The van der Waals surface area contributed by atoms with Gasteiger partial charge in [-0.25, -0.2) is 0 Å². The second-order valence-electron chi connectivity index (χ2n) is 5.84. The van der Waals surface area contributed by atoms with Crippen molar-refractivity contribution in [1.29, 1.82) is 0 Å². The van der Waals surface area contributed by atoms with Crippen LogP contribution in [0.25, 0.3) is 0 Å². The summed E-state index contributed by atoms with van der Waals surface area (Å²) in [5.74, 6) is 1.32.